The van der Waals surface area contributed by atoms with Crippen LogP contribution in [-0.4, -0.2) is 30.1 Å². The maximum absolute atomic E-state index is 11.3. The second-order valence-corrected chi connectivity index (χ2v) is 4.60. The summed E-state index contributed by atoms with van der Waals surface area (Å²) in [5.74, 6) is -1.90. The predicted octanol–water partition coefficient (Wildman–Crippen LogP) is 2.77. The molecule has 0 unspecified atom stereocenters. The normalized spacial score (nSPS) is 11.3. The number of ketones is 1. The van der Waals surface area contributed by atoms with E-state index >= 15 is 0 Å². The first-order chi connectivity index (χ1) is 9.35. The molecule has 0 spiro atoms. The van der Waals surface area contributed by atoms with Gasteiger partial charge in [-0.1, -0.05) is 11.6 Å². The first kappa shape index (κ1) is 16.0. The molecular formula is C14H15ClO5. The maximum Gasteiger partial charge on any atom is 0.378 e. The van der Waals surface area contributed by atoms with Gasteiger partial charge in [-0.2, -0.15) is 0 Å². The molecule has 20 heavy (non-hydrogen) atoms. The van der Waals surface area contributed by atoms with Crippen molar-refractivity contribution in [2.45, 2.75) is 20.0 Å². The van der Waals surface area contributed by atoms with Crippen molar-refractivity contribution >= 4 is 29.1 Å². The van der Waals surface area contributed by atoms with Crippen LogP contribution in [0.4, 0.5) is 0 Å². The number of aliphatic hydroxyl groups excluding tert-OH is 1. The minimum atomic E-state index is -1.06. The van der Waals surface area contributed by atoms with Gasteiger partial charge in [-0.05, 0) is 32.0 Å². The summed E-state index contributed by atoms with van der Waals surface area (Å²) in [5, 5.41) is 10.00. The van der Waals surface area contributed by atoms with Crippen molar-refractivity contribution in [3.8, 4) is 5.75 Å². The number of hydrogen-bond acceptors (Lipinski definition) is 5. The van der Waals surface area contributed by atoms with Crippen LogP contribution in [0.15, 0.2) is 24.3 Å². The van der Waals surface area contributed by atoms with Gasteiger partial charge in [-0.25, -0.2) is 4.79 Å². The summed E-state index contributed by atoms with van der Waals surface area (Å²) >= 11 is 6.00. The second-order valence-electron chi connectivity index (χ2n) is 4.19. The highest BCUT2D eigenvalue weighted by Crippen LogP contribution is 2.27. The summed E-state index contributed by atoms with van der Waals surface area (Å²) in [4.78, 5) is 22.3. The number of halogens is 1. The SMILES string of the molecule is COC(=O)C(=O)/C=C(\O)c1ccc(OC(C)C)cc1Cl. The molecule has 0 fully saturated rings. The first-order valence-corrected chi connectivity index (χ1v) is 6.22. The van der Waals surface area contributed by atoms with Crippen molar-refractivity contribution in [2.24, 2.45) is 0 Å². The Kier molecular flexibility index (Phi) is 5.58. The van der Waals surface area contributed by atoms with Gasteiger partial charge in [0.15, 0.2) is 0 Å². The van der Waals surface area contributed by atoms with E-state index in [0.29, 0.717) is 5.75 Å². The number of methoxy groups -OCH3 is 1. The molecule has 1 aromatic rings. The predicted molar refractivity (Wildman–Crippen MR) is 74.8 cm³/mol. The molecule has 0 aliphatic carbocycles. The smallest absolute Gasteiger partial charge is 0.378 e. The molecule has 0 amide bonds. The molecule has 0 heterocycles. The molecular weight excluding hydrogens is 284 g/mol. The van der Waals surface area contributed by atoms with Crippen LogP contribution in [0.3, 0.4) is 0 Å². The van der Waals surface area contributed by atoms with Crippen LogP contribution < -0.4 is 4.74 Å². The number of aliphatic hydroxyl groups is 1. The van der Waals surface area contributed by atoms with Gasteiger partial charge in [0.05, 0.1) is 18.2 Å². The molecule has 5 nitrogen and oxygen atoms in total. The van der Waals surface area contributed by atoms with Gasteiger partial charge in [0, 0.05) is 11.6 Å². The minimum Gasteiger partial charge on any atom is -0.507 e. The molecule has 0 saturated heterocycles. The van der Waals surface area contributed by atoms with Gasteiger partial charge < -0.3 is 14.6 Å². The van der Waals surface area contributed by atoms with E-state index in [1.54, 1.807) is 6.07 Å². The van der Waals surface area contributed by atoms with E-state index in [2.05, 4.69) is 4.74 Å². The topological polar surface area (TPSA) is 72.8 Å². The standard InChI is InChI=1S/C14H15ClO5/c1-8(2)20-9-4-5-10(11(15)6-9)12(16)7-13(17)14(18)19-3/h4-8,16H,1-3H3/b12-7-. The molecule has 0 aliphatic heterocycles. The lowest BCUT2D eigenvalue weighted by atomic mass is 10.1. The Labute approximate surface area is 121 Å². The van der Waals surface area contributed by atoms with Gasteiger partial charge in [0.1, 0.15) is 11.5 Å². The van der Waals surface area contributed by atoms with Crippen molar-refractivity contribution in [3.63, 3.8) is 0 Å². The fraction of sp³-hybridized carbons (Fsp3) is 0.286. The number of carbonyl (C=O) groups excluding carboxylic acids is 2. The summed E-state index contributed by atoms with van der Waals surface area (Å²) in [6.45, 7) is 3.74. The van der Waals surface area contributed by atoms with Crippen molar-refractivity contribution in [1.29, 1.82) is 0 Å². The van der Waals surface area contributed by atoms with Crippen LogP contribution in [0.5, 0.6) is 5.75 Å². The highest BCUT2D eigenvalue weighted by molar-refractivity contribution is 6.39. The Hall–Kier alpha value is -2.01. The summed E-state index contributed by atoms with van der Waals surface area (Å²) in [6.07, 6.45) is 0.748. The Morgan fingerprint density at radius 2 is 2.00 bits per heavy atom. The summed E-state index contributed by atoms with van der Waals surface area (Å²) in [7, 11) is 1.08. The highest BCUT2D eigenvalue weighted by Gasteiger charge is 2.14. The molecule has 0 aromatic heterocycles. The third kappa shape index (κ3) is 4.28. The largest absolute Gasteiger partial charge is 0.507 e. The molecule has 108 valence electrons. The zero-order valence-corrected chi connectivity index (χ0v) is 12.1. The van der Waals surface area contributed by atoms with Gasteiger partial charge >= 0.3 is 5.97 Å². The molecule has 1 rings (SSSR count). The lowest BCUT2D eigenvalue weighted by molar-refractivity contribution is -0.149. The monoisotopic (exact) mass is 298 g/mol. The molecule has 0 aliphatic rings. The van der Waals surface area contributed by atoms with E-state index in [1.165, 1.54) is 12.1 Å². The van der Waals surface area contributed by atoms with Crippen molar-refractivity contribution in [3.05, 3.63) is 34.9 Å². The van der Waals surface area contributed by atoms with E-state index in [9.17, 15) is 14.7 Å². The fourth-order valence-corrected chi connectivity index (χ4v) is 1.68. The van der Waals surface area contributed by atoms with Crippen LogP contribution in [-0.2, 0) is 14.3 Å². The number of hydrogen-bond donors (Lipinski definition) is 1. The molecule has 0 bridgehead atoms. The highest BCUT2D eigenvalue weighted by atomic mass is 35.5. The third-order valence-electron chi connectivity index (χ3n) is 2.24. The van der Waals surface area contributed by atoms with E-state index < -0.39 is 17.5 Å². The van der Waals surface area contributed by atoms with Gasteiger partial charge in [-0.15, -0.1) is 0 Å². The van der Waals surface area contributed by atoms with Crippen LogP contribution >= 0.6 is 11.6 Å². The Morgan fingerprint density at radius 1 is 1.35 bits per heavy atom. The molecule has 6 heteroatoms. The lowest BCUT2D eigenvalue weighted by Crippen LogP contribution is -2.13. The summed E-state index contributed by atoms with van der Waals surface area (Å²) < 4.78 is 9.68. The fourth-order valence-electron chi connectivity index (χ4n) is 1.41. The van der Waals surface area contributed by atoms with Gasteiger partial charge in [0.2, 0.25) is 0 Å². The zero-order valence-electron chi connectivity index (χ0n) is 11.3. The summed E-state index contributed by atoms with van der Waals surface area (Å²) in [6, 6.07) is 4.62. The Morgan fingerprint density at radius 3 is 2.50 bits per heavy atom. The van der Waals surface area contributed by atoms with E-state index in [1.807, 2.05) is 13.8 Å². The minimum absolute atomic E-state index is 0.0121. The molecule has 1 aromatic carbocycles. The van der Waals surface area contributed by atoms with E-state index in [0.717, 1.165) is 13.2 Å². The van der Waals surface area contributed by atoms with Gasteiger partial charge in [-0.3, -0.25) is 4.79 Å². The Balaban J connectivity index is 2.99. The van der Waals surface area contributed by atoms with Crippen LogP contribution in [0, 0.1) is 0 Å². The van der Waals surface area contributed by atoms with Crippen LogP contribution in [0.25, 0.3) is 5.76 Å². The van der Waals surface area contributed by atoms with E-state index in [-0.39, 0.29) is 16.7 Å². The lowest BCUT2D eigenvalue weighted by Gasteiger charge is -2.11. The number of rotatable bonds is 5. The second kappa shape index (κ2) is 6.96. The number of carbonyl (C=O) groups is 2. The zero-order chi connectivity index (χ0) is 15.3. The molecule has 1 N–H and O–H groups in total. The van der Waals surface area contributed by atoms with Crippen molar-refractivity contribution in [2.75, 3.05) is 7.11 Å². The quantitative estimate of drug-likeness (QED) is 0.392. The van der Waals surface area contributed by atoms with Crippen LogP contribution in [0.1, 0.15) is 19.4 Å². The molecule has 0 saturated carbocycles. The number of benzene rings is 1. The average molecular weight is 299 g/mol. The number of ether oxygens (including phenoxy) is 2. The van der Waals surface area contributed by atoms with Crippen molar-refractivity contribution < 1.29 is 24.2 Å². The molecule has 0 atom stereocenters. The Bertz CT molecular complexity index is 548. The van der Waals surface area contributed by atoms with E-state index in [4.69, 9.17) is 16.3 Å². The summed E-state index contributed by atoms with van der Waals surface area (Å²) in [5.41, 5.74) is 0.222. The molecule has 0 radical (unpaired) electrons. The number of esters is 1. The third-order valence-corrected chi connectivity index (χ3v) is 2.56. The van der Waals surface area contributed by atoms with Gasteiger partial charge in [0.25, 0.3) is 5.78 Å². The average Bonchev–Trinajstić information content (AvgIpc) is 2.36. The first-order valence-electron chi connectivity index (χ1n) is 5.84. The van der Waals surface area contributed by atoms with Crippen molar-refractivity contribution in [1.82, 2.24) is 0 Å². The van der Waals surface area contributed by atoms with Crippen LogP contribution in [0.2, 0.25) is 5.02 Å². The maximum atomic E-state index is 11.3.